The maximum atomic E-state index is 11.0. The lowest BCUT2D eigenvalue weighted by Crippen LogP contribution is -2.40. The van der Waals surface area contributed by atoms with Crippen LogP contribution in [0.25, 0.3) is 0 Å². The summed E-state index contributed by atoms with van der Waals surface area (Å²) in [5.74, 6) is -0.302. The van der Waals surface area contributed by atoms with Crippen molar-refractivity contribution in [2.75, 3.05) is 13.2 Å². The van der Waals surface area contributed by atoms with E-state index in [-0.39, 0.29) is 25.1 Å². The van der Waals surface area contributed by atoms with Crippen molar-refractivity contribution >= 4 is 12.0 Å². The minimum atomic E-state index is -0.580. The second-order valence-electron chi connectivity index (χ2n) is 2.73. The molecule has 1 rings (SSSR count). The Morgan fingerprint density at radius 2 is 2.33 bits per heavy atom. The van der Waals surface area contributed by atoms with Gasteiger partial charge in [0, 0.05) is 12.6 Å². The van der Waals surface area contributed by atoms with Crippen molar-refractivity contribution in [3.05, 3.63) is 0 Å². The predicted molar refractivity (Wildman–Crippen MR) is 41.3 cm³/mol. The fourth-order valence-corrected chi connectivity index (χ4v) is 0.921. The van der Waals surface area contributed by atoms with Crippen LogP contribution in [0.3, 0.4) is 0 Å². The number of hydrogen-bond donors (Lipinski definition) is 1. The Balaban J connectivity index is 2.50. The van der Waals surface area contributed by atoms with Gasteiger partial charge in [-0.1, -0.05) is 6.92 Å². The zero-order chi connectivity index (χ0) is 9.14. The molecular weight excluding hydrogens is 160 g/mol. The van der Waals surface area contributed by atoms with E-state index in [1.807, 2.05) is 6.92 Å². The van der Waals surface area contributed by atoms with Crippen LogP contribution in [0, 0.1) is 0 Å². The van der Waals surface area contributed by atoms with Crippen LogP contribution in [0.15, 0.2) is 0 Å². The van der Waals surface area contributed by atoms with E-state index in [4.69, 9.17) is 5.73 Å². The first-order valence-electron chi connectivity index (χ1n) is 3.87. The van der Waals surface area contributed by atoms with Gasteiger partial charge in [-0.15, -0.1) is 0 Å². The van der Waals surface area contributed by atoms with Gasteiger partial charge in [0.1, 0.15) is 0 Å². The van der Waals surface area contributed by atoms with Gasteiger partial charge in [-0.2, -0.15) is 0 Å². The number of hydrogen-bond acceptors (Lipinski definition) is 4. The van der Waals surface area contributed by atoms with Crippen molar-refractivity contribution in [2.24, 2.45) is 5.73 Å². The highest BCUT2D eigenvalue weighted by Gasteiger charge is 2.31. The summed E-state index contributed by atoms with van der Waals surface area (Å²) in [5, 5.41) is 0. The van der Waals surface area contributed by atoms with Crippen molar-refractivity contribution < 1.29 is 14.3 Å². The summed E-state index contributed by atoms with van der Waals surface area (Å²) in [6, 6.07) is -0.153. The van der Waals surface area contributed by atoms with E-state index in [0.29, 0.717) is 0 Å². The van der Waals surface area contributed by atoms with Gasteiger partial charge in [-0.3, -0.25) is 4.79 Å². The average Bonchev–Trinajstić information content (AvgIpc) is 2.35. The average molecular weight is 172 g/mol. The van der Waals surface area contributed by atoms with Crippen LogP contribution in [0.1, 0.15) is 13.3 Å². The van der Waals surface area contributed by atoms with Crippen LogP contribution in [0.4, 0.5) is 4.79 Å². The van der Waals surface area contributed by atoms with Crippen LogP contribution >= 0.6 is 0 Å². The largest absolute Gasteiger partial charge is 0.439 e. The SMILES string of the molecule is CC[C@H](N)CN1C(=O)COC1=O. The Morgan fingerprint density at radius 1 is 1.67 bits per heavy atom. The van der Waals surface area contributed by atoms with E-state index in [9.17, 15) is 9.59 Å². The van der Waals surface area contributed by atoms with Gasteiger partial charge in [-0.25, -0.2) is 9.69 Å². The van der Waals surface area contributed by atoms with Crippen LogP contribution < -0.4 is 5.73 Å². The minimum Gasteiger partial charge on any atom is -0.439 e. The van der Waals surface area contributed by atoms with Crippen LogP contribution in [0.2, 0.25) is 0 Å². The molecule has 0 bridgehead atoms. The topological polar surface area (TPSA) is 72.6 Å². The normalized spacial score (nSPS) is 19.7. The number of ether oxygens (including phenoxy) is 1. The van der Waals surface area contributed by atoms with Crippen molar-refractivity contribution in [1.29, 1.82) is 0 Å². The minimum absolute atomic E-state index is 0.144. The number of amides is 2. The fourth-order valence-electron chi connectivity index (χ4n) is 0.921. The van der Waals surface area contributed by atoms with E-state index in [0.717, 1.165) is 11.3 Å². The zero-order valence-corrected chi connectivity index (χ0v) is 6.95. The van der Waals surface area contributed by atoms with Gasteiger partial charge in [0.05, 0.1) is 0 Å². The molecule has 2 amide bonds. The van der Waals surface area contributed by atoms with Gasteiger partial charge < -0.3 is 10.5 Å². The fraction of sp³-hybridized carbons (Fsp3) is 0.714. The lowest BCUT2D eigenvalue weighted by Gasteiger charge is -2.14. The Morgan fingerprint density at radius 3 is 2.75 bits per heavy atom. The van der Waals surface area contributed by atoms with E-state index < -0.39 is 6.09 Å². The molecule has 1 atom stereocenters. The summed E-state index contributed by atoms with van der Waals surface area (Å²) in [4.78, 5) is 22.9. The molecule has 0 unspecified atom stereocenters. The molecule has 1 fully saturated rings. The summed E-state index contributed by atoms with van der Waals surface area (Å²) < 4.78 is 4.51. The molecule has 1 heterocycles. The molecule has 0 aromatic heterocycles. The quantitative estimate of drug-likeness (QED) is 0.634. The molecule has 0 aliphatic carbocycles. The summed E-state index contributed by atoms with van der Waals surface area (Å²) >= 11 is 0. The van der Waals surface area contributed by atoms with Gasteiger partial charge in [0.15, 0.2) is 6.61 Å². The van der Waals surface area contributed by atoms with Gasteiger partial charge in [-0.05, 0) is 6.42 Å². The first-order chi connectivity index (χ1) is 5.65. The number of nitrogens with two attached hydrogens (primary N) is 1. The number of imide groups is 1. The number of rotatable bonds is 3. The molecule has 5 nitrogen and oxygen atoms in total. The number of carbonyl (C=O) groups excluding carboxylic acids is 2. The number of cyclic esters (lactones) is 1. The summed E-state index contributed by atoms with van der Waals surface area (Å²) in [5.41, 5.74) is 5.58. The van der Waals surface area contributed by atoms with Crippen LogP contribution in [0.5, 0.6) is 0 Å². The third-order valence-electron chi connectivity index (χ3n) is 1.78. The molecule has 5 heteroatoms. The highest BCUT2D eigenvalue weighted by atomic mass is 16.6. The molecule has 2 N–H and O–H groups in total. The second-order valence-corrected chi connectivity index (χ2v) is 2.73. The molecule has 0 aromatic rings. The Kier molecular flexibility index (Phi) is 2.65. The lowest BCUT2D eigenvalue weighted by atomic mass is 10.2. The molecule has 68 valence electrons. The maximum absolute atomic E-state index is 11.0. The summed E-state index contributed by atoms with van der Waals surface area (Å²) in [6.07, 6.45) is 0.153. The Bertz CT molecular complexity index is 189. The van der Waals surface area contributed by atoms with Crippen LogP contribution in [-0.2, 0) is 9.53 Å². The number of carbonyl (C=O) groups is 2. The summed E-state index contributed by atoms with van der Waals surface area (Å²) in [7, 11) is 0. The van der Waals surface area contributed by atoms with E-state index in [2.05, 4.69) is 4.74 Å². The van der Waals surface area contributed by atoms with Gasteiger partial charge in [0.2, 0.25) is 0 Å². The predicted octanol–water partition coefficient (Wildman–Crippen LogP) is -0.297. The Labute approximate surface area is 70.5 Å². The molecule has 0 spiro atoms. The lowest BCUT2D eigenvalue weighted by molar-refractivity contribution is -0.126. The summed E-state index contributed by atoms with van der Waals surface area (Å²) in [6.45, 7) is 2.01. The first-order valence-corrected chi connectivity index (χ1v) is 3.87. The third-order valence-corrected chi connectivity index (χ3v) is 1.78. The molecule has 0 saturated carbocycles. The van der Waals surface area contributed by atoms with Gasteiger partial charge in [0.25, 0.3) is 5.91 Å². The first kappa shape index (κ1) is 8.99. The molecule has 1 aliphatic heterocycles. The molecule has 0 aromatic carbocycles. The van der Waals surface area contributed by atoms with E-state index in [1.54, 1.807) is 0 Å². The molecule has 1 saturated heterocycles. The maximum Gasteiger partial charge on any atom is 0.417 e. The Hall–Kier alpha value is -1.10. The van der Waals surface area contributed by atoms with Crippen molar-refractivity contribution in [3.8, 4) is 0 Å². The van der Waals surface area contributed by atoms with E-state index >= 15 is 0 Å². The smallest absolute Gasteiger partial charge is 0.417 e. The van der Waals surface area contributed by atoms with Crippen molar-refractivity contribution in [1.82, 2.24) is 4.90 Å². The monoisotopic (exact) mass is 172 g/mol. The molecular formula is C7H12N2O3. The standard InChI is InChI=1S/C7H12N2O3/c1-2-5(8)3-9-6(10)4-12-7(9)11/h5H,2-4,8H2,1H3/t5-/m0/s1. The van der Waals surface area contributed by atoms with E-state index in [1.165, 1.54) is 0 Å². The second kappa shape index (κ2) is 3.53. The third kappa shape index (κ3) is 1.73. The highest BCUT2D eigenvalue weighted by Crippen LogP contribution is 2.05. The van der Waals surface area contributed by atoms with Crippen molar-refractivity contribution in [2.45, 2.75) is 19.4 Å². The highest BCUT2D eigenvalue weighted by molar-refractivity contribution is 5.97. The zero-order valence-electron chi connectivity index (χ0n) is 6.95. The number of nitrogens with zero attached hydrogens (tertiary/aromatic N) is 1. The van der Waals surface area contributed by atoms with Crippen molar-refractivity contribution in [3.63, 3.8) is 0 Å². The van der Waals surface area contributed by atoms with Crippen LogP contribution in [-0.4, -0.2) is 36.1 Å². The molecule has 1 aliphatic rings. The molecule has 0 radical (unpaired) electrons. The van der Waals surface area contributed by atoms with Gasteiger partial charge >= 0.3 is 6.09 Å². The molecule has 12 heavy (non-hydrogen) atoms.